The minimum atomic E-state index is 0.752. The minimum absolute atomic E-state index is 0.752. The third-order valence-corrected chi connectivity index (χ3v) is 6.00. The maximum Gasteiger partial charge on any atom is 0.136 e. The molecule has 3 heteroatoms. The van der Waals surface area contributed by atoms with E-state index < -0.39 is 0 Å². The van der Waals surface area contributed by atoms with Crippen LogP contribution in [0.15, 0.2) is 77.2 Å². The minimum Gasteiger partial charge on any atom is -0.456 e. The van der Waals surface area contributed by atoms with Crippen LogP contribution in [-0.4, -0.2) is 4.40 Å². The Morgan fingerprint density at radius 2 is 1.41 bits per heavy atom. The molecule has 0 saturated heterocycles. The van der Waals surface area contributed by atoms with E-state index >= 15 is 0 Å². The molecule has 4 aromatic carbocycles. The van der Waals surface area contributed by atoms with E-state index in [9.17, 15) is 0 Å². The zero-order valence-electron chi connectivity index (χ0n) is 14.2. The molecule has 27 heavy (non-hydrogen) atoms. The van der Waals surface area contributed by atoms with Crippen LogP contribution in [0.25, 0.3) is 60.0 Å². The van der Waals surface area contributed by atoms with Crippen molar-refractivity contribution in [3.8, 4) is 0 Å². The van der Waals surface area contributed by atoms with Gasteiger partial charge in [-0.05, 0) is 36.4 Å². The van der Waals surface area contributed by atoms with Gasteiger partial charge in [0.15, 0.2) is 0 Å². The number of hydrogen-bond acceptors (Lipinski definition) is 1. The lowest BCUT2D eigenvalue weighted by atomic mass is 10.0. The average molecular weight is 366 g/mol. The molecule has 0 aliphatic heterocycles. The van der Waals surface area contributed by atoms with E-state index in [1.165, 1.54) is 43.5 Å². The molecule has 7 rings (SSSR count). The molecule has 0 radical (unpaired) electrons. The Labute approximate surface area is 158 Å². The highest BCUT2D eigenvalue weighted by Gasteiger charge is 2.22. The SMILES string of the molecule is Clc1ccc2c(c1)c1c3c(cc4c5ccccc5n2c41)oc1ccccc13. The number of para-hydroxylation sites is 2. The lowest BCUT2D eigenvalue weighted by Gasteiger charge is -1.99. The highest BCUT2D eigenvalue weighted by atomic mass is 35.5. The Kier molecular flexibility index (Phi) is 2.34. The molecule has 0 saturated carbocycles. The Morgan fingerprint density at radius 3 is 2.33 bits per heavy atom. The molecule has 0 unspecified atom stereocenters. The second-order valence-electron chi connectivity index (χ2n) is 7.13. The van der Waals surface area contributed by atoms with E-state index in [4.69, 9.17) is 16.0 Å². The maximum absolute atomic E-state index is 6.40. The summed E-state index contributed by atoms with van der Waals surface area (Å²) in [5.74, 6) is 0. The molecule has 0 bridgehead atoms. The van der Waals surface area contributed by atoms with Gasteiger partial charge >= 0.3 is 0 Å². The van der Waals surface area contributed by atoms with Crippen LogP contribution in [0.5, 0.6) is 0 Å². The lowest BCUT2D eigenvalue weighted by molar-refractivity contribution is 0.669. The van der Waals surface area contributed by atoms with Gasteiger partial charge in [-0.2, -0.15) is 0 Å². The van der Waals surface area contributed by atoms with Crippen LogP contribution in [0, 0.1) is 0 Å². The van der Waals surface area contributed by atoms with Gasteiger partial charge in [0.25, 0.3) is 0 Å². The first-order valence-electron chi connectivity index (χ1n) is 8.99. The zero-order valence-corrected chi connectivity index (χ0v) is 14.9. The first-order valence-corrected chi connectivity index (χ1v) is 9.37. The monoisotopic (exact) mass is 365 g/mol. The third-order valence-electron chi connectivity index (χ3n) is 5.77. The highest BCUT2D eigenvalue weighted by Crippen LogP contribution is 2.46. The van der Waals surface area contributed by atoms with Gasteiger partial charge in [-0.25, -0.2) is 0 Å². The van der Waals surface area contributed by atoms with E-state index in [0.29, 0.717) is 0 Å². The van der Waals surface area contributed by atoms with Crippen LogP contribution in [0.1, 0.15) is 0 Å². The molecule has 0 amide bonds. The highest BCUT2D eigenvalue weighted by molar-refractivity contribution is 6.36. The van der Waals surface area contributed by atoms with Crippen LogP contribution in [0.3, 0.4) is 0 Å². The molecule has 0 atom stereocenters. The maximum atomic E-state index is 6.40. The quantitative estimate of drug-likeness (QED) is 0.274. The number of furan rings is 1. The molecule has 7 aromatic rings. The van der Waals surface area contributed by atoms with Crippen molar-refractivity contribution < 1.29 is 4.42 Å². The van der Waals surface area contributed by atoms with Gasteiger partial charge < -0.3 is 8.82 Å². The van der Waals surface area contributed by atoms with Gasteiger partial charge in [-0.1, -0.05) is 48.0 Å². The second-order valence-corrected chi connectivity index (χ2v) is 7.57. The number of nitrogens with zero attached hydrogens (tertiary/aromatic N) is 1. The summed E-state index contributed by atoms with van der Waals surface area (Å²) in [7, 11) is 0. The summed E-state index contributed by atoms with van der Waals surface area (Å²) in [4.78, 5) is 0. The van der Waals surface area contributed by atoms with Crippen molar-refractivity contribution in [3.05, 3.63) is 77.8 Å². The van der Waals surface area contributed by atoms with Crippen LogP contribution in [0.4, 0.5) is 0 Å². The summed E-state index contributed by atoms with van der Waals surface area (Å²) in [6.07, 6.45) is 0. The number of benzene rings is 4. The van der Waals surface area contributed by atoms with Crippen molar-refractivity contribution in [2.75, 3.05) is 0 Å². The fourth-order valence-corrected chi connectivity index (χ4v) is 4.92. The van der Waals surface area contributed by atoms with Crippen LogP contribution >= 0.6 is 11.6 Å². The van der Waals surface area contributed by atoms with Gasteiger partial charge in [0.05, 0.1) is 16.6 Å². The summed E-state index contributed by atoms with van der Waals surface area (Å²) >= 11 is 6.40. The number of aromatic nitrogens is 1. The summed E-state index contributed by atoms with van der Waals surface area (Å²) in [5, 5.41) is 7.93. The molecule has 0 fully saturated rings. The predicted octanol–water partition coefficient (Wildman–Crippen LogP) is 7.39. The molecule has 3 heterocycles. The molecule has 126 valence electrons. The Hall–Kier alpha value is -3.23. The fourth-order valence-electron chi connectivity index (χ4n) is 4.75. The molecule has 0 aliphatic rings. The van der Waals surface area contributed by atoms with E-state index in [0.717, 1.165) is 21.6 Å². The number of halogens is 1. The number of fused-ring (bicyclic) bond motifs is 10. The van der Waals surface area contributed by atoms with E-state index in [1.54, 1.807) is 0 Å². The summed E-state index contributed by atoms with van der Waals surface area (Å²) in [6.45, 7) is 0. The van der Waals surface area contributed by atoms with Crippen molar-refractivity contribution in [2.45, 2.75) is 0 Å². The smallest absolute Gasteiger partial charge is 0.136 e. The molecular formula is C24H12ClNO. The van der Waals surface area contributed by atoms with Crippen LogP contribution in [-0.2, 0) is 0 Å². The van der Waals surface area contributed by atoms with Crippen molar-refractivity contribution in [1.82, 2.24) is 4.40 Å². The van der Waals surface area contributed by atoms with Crippen LogP contribution < -0.4 is 0 Å². The van der Waals surface area contributed by atoms with Crippen molar-refractivity contribution in [2.24, 2.45) is 0 Å². The summed E-state index contributed by atoms with van der Waals surface area (Å²) in [6, 6.07) is 25.2. The third kappa shape index (κ3) is 1.54. The Balaban J connectivity index is 1.96. The Bertz CT molecular complexity index is 1690. The van der Waals surface area contributed by atoms with E-state index in [2.05, 4.69) is 59.0 Å². The fraction of sp³-hybridized carbons (Fsp3) is 0. The summed E-state index contributed by atoms with van der Waals surface area (Å²) in [5.41, 5.74) is 5.48. The first kappa shape index (κ1) is 13.9. The second kappa shape index (κ2) is 4.54. The topological polar surface area (TPSA) is 17.6 Å². The standard InChI is InChI=1S/C24H12ClNO/c25-13-9-10-19-17(11-13)23-22-15-6-2-4-8-20(15)27-21(22)12-16-14-5-1-3-7-18(14)26(19)24(16)23/h1-12H. The predicted molar refractivity (Wildman–Crippen MR) is 113 cm³/mol. The molecule has 0 aliphatic carbocycles. The molecule has 2 nitrogen and oxygen atoms in total. The Morgan fingerprint density at radius 1 is 0.630 bits per heavy atom. The van der Waals surface area contributed by atoms with E-state index in [-0.39, 0.29) is 0 Å². The first-order chi connectivity index (χ1) is 13.3. The van der Waals surface area contributed by atoms with Crippen LogP contribution in [0.2, 0.25) is 5.02 Å². The van der Waals surface area contributed by atoms with Crippen molar-refractivity contribution in [1.29, 1.82) is 0 Å². The van der Waals surface area contributed by atoms with E-state index in [1.807, 2.05) is 18.2 Å². The number of rotatable bonds is 0. The van der Waals surface area contributed by atoms with Crippen molar-refractivity contribution >= 4 is 71.6 Å². The summed E-state index contributed by atoms with van der Waals surface area (Å²) < 4.78 is 8.62. The molecule has 0 N–H and O–H groups in total. The van der Waals surface area contributed by atoms with Gasteiger partial charge in [-0.15, -0.1) is 0 Å². The number of hydrogen-bond donors (Lipinski definition) is 0. The average Bonchev–Trinajstić information content (AvgIpc) is 3.32. The van der Waals surface area contributed by atoms with Gasteiger partial charge in [-0.3, -0.25) is 0 Å². The lowest BCUT2D eigenvalue weighted by Crippen LogP contribution is -1.79. The molecule has 0 spiro atoms. The molecular weight excluding hydrogens is 354 g/mol. The van der Waals surface area contributed by atoms with Gasteiger partial charge in [0.2, 0.25) is 0 Å². The van der Waals surface area contributed by atoms with Gasteiger partial charge in [0, 0.05) is 37.3 Å². The van der Waals surface area contributed by atoms with Gasteiger partial charge in [0.1, 0.15) is 11.2 Å². The molecule has 3 aromatic heterocycles. The van der Waals surface area contributed by atoms with Crippen molar-refractivity contribution in [3.63, 3.8) is 0 Å². The zero-order chi connectivity index (χ0) is 17.7. The normalized spacial score (nSPS) is 12.6. The largest absolute Gasteiger partial charge is 0.456 e.